The number of rotatable bonds is 3. The molecule has 0 aliphatic carbocycles. The minimum Gasteiger partial charge on any atom is -0.322 e. The van der Waals surface area contributed by atoms with E-state index in [4.69, 9.17) is 5.73 Å². The molecular weight excluding hydrogens is 114 g/mol. The fourth-order valence-electron chi connectivity index (χ4n) is 0.458. The molecule has 0 saturated heterocycles. The van der Waals surface area contributed by atoms with E-state index >= 15 is 0 Å². The largest absolute Gasteiger partial charge is 0.322 e. The SMILES string of the molecule is C=C(C)CC(=O)C(C)N. The van der Waals surface area contributed by atoms with Gasteiger partial charge in [-0.05, 0) is 13.8 Å². The highest BCUT2D eigenvalue weighted by molar-refractivity contribution is 5.85. The molecule has 0 aromatic heterocycles. The van der Waals surface area contributed by atoms with Crippen LogP contribution in [-0.4, -0.2) is 11.8 Å². The molecule has 2 N–H and O–H groups in total. The highest BCUT2D eigenvalue weighted by Crippen LogP contribution is 1.97. The van der Waals surface area contributed by atoms with Crippen LogP contribution in [0.4, 0.5) is 0 Å². The first-order chi connectivity index (χ1) is 4.04. The molecule has 0 rings (SSSR count). The minimum atomic E-state index is -0.346. The van der Waals surface area contributed by atoms with Crippen LogP contribution in [0.2, 0.25) is 0 Å². The molecule has 1 atom stereocenters. The summed E-state index contributed by atoms with van der Waals surface area (Å²) in [7, 11) is 0. The van der Waals surface area contributed by atoms with Gasteiger partial charge >= 0.3 is 0 Å². The summed E-state index contributed by atoms with van der Waals surface area (Å²) >= 11 is 0. The van der Waals surface area contributed by atoms with Crippen molar-refractivity contribution in [2.75, 3.05) is 0 Å². The van der Waals surface area contributed by atoms with Crippen molar-refractivity contribution in [2.24, 2.45) is 5.73 Å². The fourth-order valence-corrected chi connectivity index (χ4v) is 0.458. The third kappa shape index (κ3) is 3.91. The van der Waals surface area contributed by atoms with Gasteiger partial charge in [0.15, 0.2) is 5.78 Å². The van der Waals surface area contributed by atoms with Gasteiger partial charge in [0.05, 0.1) is 6.04 Å². The number of Topliss-reactive ketones (excluding diaryl/α,β-unsaturated/α-hetero) is 1. The van der Waals surface area contributed by atoms with Crippen LogP contribution in [0.25, 0.3) is 0 Å². The highest BCUT2D eigenvalue weighted by Gasteiger charge is 2.05. The Morgan fingerprint density at radius 2 is 2.22 bits per heavy atom. The van der Waals surface area contributed by atoms with E-state index in [0.29, 0.717) is 6.42 Å². The van der Waals surface area contributed by atoms with Gasteiger partial charge in [0.1, 0.15) is 0 Å². The van der Waals surface area contributed by atoms with Crippen LogP contribution in [0.5, 0.6) is 0 Å². The van der Waals surface area contributed by atoms with Crippen LogP contribution in [0.15, 0.2) is 12.2 Å². The lowest BCUT2D eigenvalue weighted by atomic mass is 10.1. The van der Waals surface area contributed by atoms with E-state index in [1.54, 1.807) is 6.92 Å². The summed E-state index contributed by atoms with van der Waals surface area (Å²) in [6.45, 7) is 7.11. The van der Waals surface area contributed by atoms with Crippen molar-refractivity contribution in [1.82, 2.24) is 0 Å². The standard InChI is InChI=1S/C7H13NO/c1-5(2)4-7(9)6(3)8/h6H,1,4,8H2,2-3H3. The molecule has 0 aliphatic heterocycles. The van der Waals surface area contributed by atoms with Gasteiger partial charge in [-0.15, -0.1) is 0 Å². The van der Waals surface area contributed by atoms with Crippen molar-refractivity contribution in [2.45, 2.75) is 26.3 Å². The lowest BCUT2D eigenvalue weighted by molar-refractivity contribution is -0.119. The van der Waals surface area contributed by atoms with Crippen molar-refractivity contribution < 1.29 is 4.79 Å². The van der Waals surface area contributed by atoms with Gasteiger partial charge in [-0.1, -0.05) is 12.2 Å². The van der Waals surface area contributed by atoms with Crippen molar-refractivity contribution >= 4 is 5.78 Å². The van der Waals surface area contributed by atoms with Gasteiger partial charge < -0.3 is 5.73 Å². The normalized spacial score (nSPS) is 12.8. The number of carbonyl (C=O) groups is 1. The van der Waals surface area contributed by atoms with Crippen molar-refractivity contribution in [1.29, 1.82) is 0 Å². The zero-order valence-corrected chi connectivity index (χ0v) is 5.98. The molecule has 0 heterocycles. The van der Waals surface area contributed by atoms with Gasteiger partial charge in [0.25, 0.3) is 0 Å². The highest BCUT2D eigenvalue weighted by atomic mass is 16.1. The van der Waals surface area contributed by atoms with E-state index in [0.717, 1.165) is 5.57 Å². The number of hydrogen-bond acceptors (Lipinski definition) is 2. The van der Waals surface area contributed by atoms with Gasteiger partial charge in [-0.25, -0.2) is 0 Å². The lowest BCUT2D eigenvalue weighted by Crippen LogP contribution is -2.26. The number of hydrogen-bond donors (Lipinski definition) is 1. The predicted molar refractivity (Wildman–Crippen MR) is 38.1 cm³/mol. The smallest absolute Gasteiger partial charge is 0.153 e. The Bertz CT molecular complexity index is 127. The van der Waals surface area contributed by atoms with Crippen LogP contribution in [0.1, 0.15) is 20.3 Å². The average molecular weight is 127 g/mol. The Balaban J connectivity index is 3.64. The molecule has 0 aliphatic rings. The quantitative estimate of drug-likeness (QED) is 0.571. The molecule has 0 radical (unpaired) electrons. The first-order valence-corrected chi connectivity index (χ1v) is 2.96. The Morgan fingerprint density at radius 1 is 1.78 bits per heavy atom. The Labute approximate surface area is 55.7 Å². The van der Waals surface area contributed by atoms with Crippen molar-refractivity contribution in [3.63, 3.8) is 0 Å². The molecule has 0 spiro atoms. The number of allylic oxidation sites excluding steroid dienone is 1. The number of nitrogens with two attached hydrogens (primary N) is 1. The maximum atomic E-state index is 10.8. The summed E-state index contributed by atoms with van der Waals surface area (Å²) in [5.74, 6) is 0.0579. The number of carbonyl (C=O) groups excluding carboxylic acids is 1. The molecule has 0 amide bonds. The van der Waals surface area contributed by atoms with Crippen LogP contribution < -0.4 is 5.73 Å². The summed E-state index contributed by atoms with van der Waals surface area (Å²) in [5, 5.41) is 0. The summed E-state index contributed by atoms with van der Waals surface area (Å²) in [6, 6.07) is -0.346. The van der Waals surface area contributed by atoms with E-state index in [1.807, 2.05) is 6.92 Å². The second kappa shape index (κ2) is 3.41. The molecule has 0 bridgehead atoms. The predicted octanol–water partition coefficient (Wildman–Crippen LogP) is 0.869. The van der Waals surface area contributed by atoms with Gasteiger partial charge in [-0.3, -0.25) is 4.79 Å². The Morgan fingerprint density at radius 3 is 2.33 bits per heavy atom. The lowest BCUT2D eigenvalue weighted by Gasteiger charge is -2.01. The molecular formula is C7H13NO. The van der Waals surface area contributed by atoms with Crippen LogP contribution in [0.3, 0.4) is 0 Å². The molecule has 0 aromatic rings. The maximum Gasteiger partial charge on any atom is 0.153 e. The molecule has 9 heavy (non-hydrogen) atoms. The summed E-state index contributed by atoms with van der Waals surface area (Å²) < 4.78 is 0. The van der Waals surface area contributed by atoms with Crippen molar-refractivity contribution in [3.8, 4) is 0 Å². The molecule has 2 heteroatoms. The van der Waals surface area contributed by atoms with Gasteiger partial charge in [0.2, 0.25) is 0 Å². The third-order valence-corrected chi connectivity index (χ3v) is 0.984. The Hall–Kier alpha value is -0.630. The number of ketones is 1. The average Bonchev–Trinajstić information content (AvgIpc) is 1.63. The Kier molecular flexibility index (Phi) is 3.17. The van der Waals surface area contributed by atoms with E-state index in [-0.39, 0.29) is 11.8 Å². The minimum absolute atomic E-state index is 0.0579. The summed E-state index contributed by atoms with van der Waals surface area (Å²) in [6.07, 6.45) is 0.414. The molecule has 1 unspecified atom stereocenters. The molecule has 0 saturated carbocycles. The monoisotopic (exact) mass is 127 g/mol. The first-order valence-electron chi connectivity index (χ1n) is 2.96. The second-order valence-electron chi connectivity index (χ2n) is 2.39. The van der Waals surface area contributed by atoms with E-state index in [2.05, 4.69) is 6.58 Å². The third-order valence-electron chi connectivity index (χ3n) is 0.984. The first kappa shape index (κ1) is 8.37. The van der Waals surface area contributed by atoms with Gasteiger partial charge in [0, 0.05) is 6.42 Å². The fraction of sp³-hybridized carbons (Fsp3) is 0.571. The summed E-state index contributed by atoms with van der Waals surface area (Å²) in [4.78, 5) is 10.8. The van der Waals surface area contributed by atoms with Crippen LogP contribution in [-0.2, 0) is 4.79 Å². The van der Waals surface area contributed by atoms with Crippen LogP contribution in [0, 0.1) is 0 Å². The van der Waals surface area contributed by atoms with E-state index in [9.17, 15) is 4.79 Å². The zero-order valence-electron chi connectivity index (χ0n) is 5.98. The maximum absolute atomic E-state index is 10.8. The van der Waals surface area contributed by atoms with Crippen LogP contribution >= 0.6 is 0 Å². The zero-order chi connectivity index (χ0) is 7.44. The van der Waals surface area contributed by atoms with E-state index < -0.39 is 0 Å². The second-order valence-corrected chi connectivity index (χ2v) is 2.39. The molecule has 2 nitrogen and oxygen atoms in total. The molecule has 0 fully saturated rings. The van der Waals surface area contributed by atoms with Crippen molar-refractivity contribution in [3.05, 3.63) is 12.2 Å². The van der Waals surface area contributed by atoms with Gasteiger partial charge in [-0.2, -0.15) is 0 Å². The van der Waals surface area contributed by atoms with E-state index in [1.165, 1.54) is 0 Å². The molecule has 0 aromatic carbocycles. The topological polar surface area (TPSA) is 43.1 Å². The summed E-state index contributed by atoms with van der Waals surface area (Å²) in [5.41, 5.74) is 6.17. The molecule has 52 valence electrons.